The van der Waals surface area contributed by atoms with Crippen molar-refractivity contribution in [2.45, 2.75) is 32.1 Å². The lowest BCUT2D eigenvalue weighted by Crippen LogP contribution is -2.53. The first-order valence-electron chi connectivity index (χ1n) is 12.1. The van der Waals surface area contributed by atoms with E-state index in [2.05, 4.69) is 32.1 Å². The van der Waals surface area contributed by atoms with Crippen LogP contribution in [0.15, 0.2) is 34.9 Å². The lowest BCUT2D eigenvalue weighted by molar-refractivity contribution is -0.137. The number of hydrogen-bond acceptors (Lipinski definition) is 7. The van der Waals surface area contributed by atoms with E-state index >= 15 is 0 Å². The first kappa shape index (κ1) is 21.7. The van der Waals surface area contributed by atoms with Crippen molar-refractivity contribution in [3.63, 3.8) is 0 Å². The van der Waals surface area contributed by atoms with Gasteiger partial charge in [-0.1, -0.05) is 0 Å². The highest BCUT2D eigenvalue weighted by Gasteiger charge is 2.32. The predicted molar refractivity (Wildman–Crippen MR) is 124 cm³/mol. The zero-order valence-corrected chi connectivity index (χ0v) is 19.1. The molecule has 5 heterocycles. The number of carbonyl (C=O) groups is 2. The monoisotopic (exact) mass is 452 g/mol. The summed E-state index contributed by atoms with van der Waals surface area (Å²) < 4.78 is 5.21. The normalized spacial score (nSPS) is 20.2. The van der Waals surface area contributed by atoms with Crippen molar-refractivity contribution >= 4 is 23.5 Å². The number of rotatable bonds is 4. The van der Waals surface area contributed by atoms with Gasteiger partial charge in [-0.25, -0.2) is 0 Å². The van der Waals surface area contributed by atoms with Gasteiger partial charge in [-0.3, -0.25) is 9.59 Å². The fraction of sp³-hybridized carbons (Fsp3) is 0.583. The summed E-state index contributed by atoms with van der Waals surface area (Å²) in [6.45, 7) is 5.99. The average Bonchev–Trinajstić information content (AvgIpc) is 3.44. The van der Waals surface area contributed by atoms with Crippen molar-refractivity contribution in [3.05, 3.63) is 36.3 Å². The van der Waals surface area contributed by atoms with Crippen LogP contribution in [0, 0.1) is 5.92 Å². The number of furan rings is 1. The molecular formula is C24H32N6O3. The van der Waals surface area contributed by atoms with Crippen molar-refractivity contribution in [2.24, 2.45) is 5.92 Å². The lowest BCUT2D eigenvalue weighted by Gasteiger charge is -2.38. The Morgan fingerprint density at radius 2 is 1.36 bits per heavy atom. The molecule has 0 aliphatic carbocycles. The number of piperazine rings is 1. The van der Waals surface area contributed by atoms with Gasteiger partial charge >= 0.3 is 0 Å². The van der Waals surface area contributed by atoms with Crippen molar-refractivity contribution in [2.75, 3.05) is 62.2 Å². The van der Waals surface area contributed by atoms with E-state index in [1.807, 2.05) is 4.90 Å². The summed E-state index contributed by atoms with van der Waals surface area (Å²) >= 11 is 0. The Labute approximate surface area is 194 Å². The molecule has 0 aromatic carbocycles. The van der Waals surface area contributed by atoms with E-state index in [-0.39, 0.29) is 17.7 Å². The van der Waals surface area contributed by atoms with E-state index in [1.54, 1.807) is 17.0 Å². The third kappa shape index (κ3) is 4.82. The van der Waals surface area contributed by atoms with Gasteiger partial charge in [-0.05, 0) is 56.4 Å². The molecule has 3 saturated heterocycles. The minimum Gasteiger partial charge on any atom is -0.459 e. The van der Waals surface area contributed by atoms with Crippen LogP contribution in [0.5, 0.6) is 0 Å². The molecule has 5 rings (SSSR count). The molecule has 0 spiro atoms. The van der Waals surface area contributed by atoms with E-state index in [0.717, 1.165) is 50.7 Å². The van der Waals surface area contributed by atoms with Gasteiger partial charge < -0.3 is 24.0 Å². The molecule has 0 radical (unpaired) electrons. The third-order valence-electron chi connectivity index (χ3n) is 7.10. The van der Waals surface area contributed by atoms with Gasteiger partial charge in [-0.15, -0.1) is 10.2 Å². The maximum Gasteiger partial charge on any atom is 0.289 e. The lowest BCUT2D eigenvalue weighted by atomic mass is 9.95. The molecule has 3 fully saturated rings. The Bertz CT molecular complexity index is 926. The Morgan fingerprint density at radius 3 is 1.94 bits per heavy atom. The Kier molecular flexibility index (Phi) is 6.46. The van der Waals surface area contributed by atoms with Crippen LogP contribution in [0.25, 0.3) is 0 Å². The first-order valence-corrected chi connectivity index (χ1v) is 12.1. The number of anilines is 2. The van der Waals surface area contributed by atoms with E-state index in [1.165, 1.54) is 25.5 Å². The molecule has 9 nitrogen and oxygen atoms in total. The molecule has 2 aromatic heterocycles. The number of aromatic nitrogens is 2. The second-order valence-corrected chi connectivity index (χ2v) is 9.15. The summed E-state index contributed by atoms with van der Waals surface area (Å²) in [5.74, 6) is 2.36. The highest BCUT2D eigenvalue weighted by molar-refractivity contribution is 5.91. The largest absolute Gasteiger partial charge is 0.459 e. The molecule has 0 unspecified atom stereocenters. The van der Waals surface area contributed by atoms with Crippen LogP contribution in [0.1, 0.15) is 42.7 Å². The second kappa shape index (κ2) is 9.80. The van der Waals surface area contributed by atoms with Crippen molar-refractivity contribution in [1.29, 1.82) is 0 Å². The smallest absolute Gasteiger partial charge is 0.289 e. The molecule has 0 saturated carbocycles. The van der Waals surface area contributed by atoms with Gasteiger partial charge in [0, 0.05) is 58.3 Å². The number of nitrogens with zero attached hydrogens (tertiary/aromatic N) is 6. The summed E-state index contributed by atoms with van der Waals surface area (Å²) in [5.41, 5.74) is 0. The summed E-state index contributed by atoms with van der Waals surface area (Å²) in [4.78, 5) is 33.7. The Morgan fingerprint density at radius 1 is 0.758 bits per heavy atom. The highest BCUT2D eigenvalue weighted by Crippen LogP contribution is 2.25. The van der Waals surface area contributed by atoms with Crippen molar-refractivity contribution in [1.82, 2.24) is 20.0 Å². The van der Waals surface area contributed by atoms with Gasteiger partial charge in [-0.2, -0.15) is 0 Å². The van der Waals surface area contributed by atoms with Gasteiger partial charge in [0.05, 0.1) is 6.26 Å². The minimum atomic E-state index is -0.104. The van der Waals surface area contributed by atoms with E-state index in [9.17, 15) is 9.59 Å². The molecule has 3 aliphatic heterocycles. The molecule has 0 bridgehead atoms. The molecule has 176 valence electrons. The highest BCUT2D eigenvalue weighted by atomic mass is 16.3. The quantitative estimate of drug-likeness (QED) is 0.703. The van der Waals surface area contributed by atoms with Crippen LogP contribution < -0.4 is 9.80 Å². The van der Waals surface area contributed by atoms with Crippen molar-refractivity contribution < 1.29 is 14.0 Å². The molecule has 2 aromatic rings. The standard InChI is InChI=1S/C24H32N6O3/c31-23(29-14-16-30(17-15-29)24(32)20-5-4-18-33-20)19-8-12-28(13-9-19)22-7-6-21(25-26-22)27-10-2-1-3-11-27/h4-7,18-19H,1-3,8-17H2. The Balaban J connectivity index is 1.09. The molecule has 3 aliphatic rings. The van der Waals surface area contributed by atoms with E-state index in [0.29, 0.717) is 31.9 Å². The zero-order valence-electron chi connectivity index (χ0n) is 19.1. The molecule has 33 heavy (non-hydrogen) atoms. The maximum absolute atomic E-state index is 13.1. The summed E-state index contributed by atoms with van der Waals surface area (Å²) in [6, 6.07) is 7.54. The molecular weight excluding hydrogens is 420 g/mol. The fourth-order valence-electron chi connectivity index (χ4n) is 5.08. The van der Waals surface area contributed by atoms with Crippen LogP contribution in [0.3, 0.4) is 0 Å². The van der Waals surface area contributed by atoms with Gasteiger partial charge in [0.25, 0.3) is 5.91 Å². The molecule has 0 atom stereocenters. The van der Waals surface area contributed by atoms with Gasteiger partial charge in [0.15, 0.2) is 17.4 Å². The summed E-state index contributed by atoms with van der Waals surface area (Å²) in [5, 5.41) is 8.94. The number of amides is 2. The number of piperidine rings is 2. The van der Waals surface area contributed by atoms with E-state index < -0.39 is 0 Å². The second-order valence-electron chi connectivity index (χ2n) is 9.15. The number of carbonyl (C=O) groups excluding carboxylic acids is 2. The minimum absolute atomic E-state index is 0.0363. The molecule has 9 heteroatoms. The molecule has 2 amide bonds. The average molecular weight is 453 g/mol. The predicted octanol–water partition coefficient (Wildman–Crippen LogP) is 2.26. The van der Waals surface area contributed by atoms with Crippen LogP contribution in [0.4, 0.5) is 11.6 Å². The Hall–Kier alpha value is -3.10. The zero-order chi connectivity index (χ0) is 22.6. The maximum atomic E-state index is 13.1. The molecule has 0 N–H and O–H groups in total. The summed E-state index contributed by atoms with van der Waals surface area (Å²) in [6.07, 6.45) is 6.89. The van der Waals surface area contributed by atoms with Gasteiger partial charge in [0.1, 0.15) is 0 Å². The summed E-state index contributed by atoms with van der Waals surface area (Å²) in [7, 11) is 0. The van der Waals surface area contributed by atoms with Crippen LogP contribution in [-0.4, -0.2) is 84.2 Å². The van der Waals surface area contributed by atoms with Crippen LogP contribution in [0.2, 0.25) is 0 Å². The van der Waals surface area contributed by atoms with Crippen LogP contribution >= 0.6 is 0 Å². The topological polar surface area (TPSA) is 86.0 Å². The first-order chi connectivity index (χ1) is 16.2. The van der Waals surface area contributed by atoms with E-state index in [4.69, 9.17) is 4.42 Å². The van der Waals surface area contributed by atoms with Gasteiger partial charge in [0.2, 0.25) is 5.91 Å². The van der Waals surface area contributed by atoms with Crippen LogP contribution in [-0.2, 0) is 4.79 Å². The fourth-order valence-corrected chi connectivity index (χ4v) is 5.08. The SMILES string of the molecule is O=C(c1ccco1)N1CCN(C(=O)C2CCN(c3ccc(N4CCCCC4)nn3)CC2)CC1. The number of hydrogen-bond donors (Lipinski definition) is 0. The van der Waals surface area contributed by atoms with Crippen molar-refractivity contribution in [3.8, 4) is 0 Å². The third-order valence-corrected chi connectivity index (χ3v) is 7.10.